The van der Waals surface area contributed by atoms with Gasteiger partial charge in [-0.1, -0.05) is 64.7 Å². The molecule has 0 aromatic heterocycles. The number of allylic oxidation sites excluding steroid dienone is 1. The van der Waals surface area contributed by atoms with Crippen molar-refractivity contribution in [2.45, 2.75) is 72.6 Å². The number of hydrogen-bond acceptors (Lipinski definition) is 2. The molecule has 1 unspecified atom stereocenters. The highest BCUT2D eigenvalue weighted by Crippen LogP contribution is 2.31. The molecule has 2 nitrogen and oxygen atoms in total. The molecule has 1 fully saturated rings. The van der Waals surface area contributed by atoms with E-state index in [-0.39, 0.29) is 13.2 Å². The molecule has 0 spiro atoms. The lowest BCUT2D eigenvalue weighted by atomic mass is 9.67. The van der Waals surface area contributed by atoms with E-state index in [9.17, 15) is 0 Å². The van der Waals surface area contributed by atoms with Crippen LogP contribution < -0.4 is 0 Å². The van der Waals surface area contributed by atoms with Crippen LogP contribution in [0.2, 0.25) is 0 Å². The lowest BCUT2D eigenvalue weighted by Gasteiger charge is -2.34. The van der Waals surface area contributed by atoms with Crippen LogP contribution in [0.25, 0.3) is 0 Å². The van der Waals surface area contributed by atoms with Gasteiger partial charge < -0.3 is 9.47 Å². The Bertz CT molecular complexity index is 616. The number of hydrogen-bond donors (Lipinski definition) is 0. The molecule has 1 aliphatic rings. The van der Waals surface area contributed by atoms with Gasteiger partial charge in [-0.15, -0.1) is 0 Å². The maximum atomic E-state index is 6.29. The summed E-state index contributed by atoms with van der Waals surface area (Å²) < 4.78 is 6.29. The molecule has 1 atom stereocenters. The molecule has 0 amide bonds. The molecule has 1 aliphatic heterocycles. The van der Waals surface area contributed by atoms with Crippen molar-refractivity contribution >= 4 is 7.05 Å². The lowest BCUT2D eigenvalue weighted by molar-refractivity contribution is 0.192. The largest absolute Gasteiger partial charge is 0.416 e. The molecule has 0 aliphatic carbocycles. The summed E-state index contributed by atoms with van der Waals surface area (Å²) in [5.41, 5.74) is 3.67. The Morgan fingerprint density at radius 3 is 2.38 bits per heavy atom. The van der Waals surface area contributed by atoms with Gasteiger partial charge in [-0.25, -0.2) is 0 Å². The average molecular weight is 323 g/mol. The molecule has 0 bridgehead atoms. The fraction of sp³-hybridized carbons (Fsp3) is 0.524. The van der Waals surface area contributed by atoms with Crippen LogP contribution in [0.5, 0.6) is 0 Å². The van der Waals surface area contributed by atoms with E-state index in [0.717, 1.165) is 18.4 Å². The first-order chi connectivity index (χ1) is 11.4. The number of rotatable bonds is 4. The summed E-state index contributed by atoms with van der Waals surface area (Å²) >= 11 is 0. The topological polar surface area (TPSA) is 12.5 Å². The highest BCUT2D eigenvalue weighted by Gasteiger charge is 2.41. The van der Waals surface area contributed by atoms with E-state index in [1.165, 1.54) is 11.0 Å². The van der Waals surface area contributed by atoms with Gasteiger partial charge in [0.1, 0.15) is 0 Å². The predicted octanol–water partition coefficient (Wildman–Crippen LogP) is 4.70. The molecule has 0 N–H and O–H groups in total. The molecule has 0 radical (unpaired) electrons. The Balaban J connectivity index is 2.39. The number of nitrogens with zero attached hydrogens (tertiary/aromatic N) is 1. The summed E-state index contributed by atoms with van der Waals surface area (Å²) in [6.07, 6.45) is 2.18. The molecule has 2 rings (SSSR count). The zero-order chi connectivity index (χ0) is 17.7. The second-order valence-electron chi connectivity index (χ2n) is 7.11. The highest BCUT2D eigenvalue weighted by atomic mass is 16.5. The van der Waals surface area contributed by atoms with Gasteiger partial charge >= 0.3 is 7.05 Å². The molecular formula is C21H30BNO. The first-order valence-electron chi connectivity index (χ1n) is 9.15. The van der Waals surface area contributed by atoms with E-state index < -0.39 is 0 Å². The van der Waals surface area contributed by atoms with Gasteiger partial charge in [0.15, 0.2) is 0 Å². The fourth-order valence-electron chi connectivity index (χ4n) is 3.49. The van der Waals surface area contributed by atoms with Crippen LogP contribution in [0, 0.1) is 11.8 Å². The van der Waals surface area contributed by atoms with E-state index in [0.29, 0.717) is 12.1 Å². The Labute approximate surface area is 148 Å². The summed E-state index contributed by atoms with van der Waals surface area (Å²) in [6.45, 7) is 13.3. The van der Waals surface area contributed by atoms with Crippen molar-refractivity contribution in [2.75, 3.05) is 0 Å². The summed E-state index contributed by atoms with van der Waals surface area (Å²) in [4.78, 5) is 2.46. The summed E-state index contributed by atoms with van der Waals surface area (Å²) in [6, 6.07) is 11.1. The second-order valence-corrected chi connectivity index (χ2v) is 7.11. The van der Waals surface area contributed by atoms with E-state index in [4.69, 9.17) is 4.65 Å². The Kier molecular flexibility index (Phi) is 6.72. The third-order valence-electron chi connectivity index (χ3n) is 4.50. The Hall–Kier alpha value is -1.50. The minimum Gasteiger partial charge on any atom is -0.415 e. The molecule has 1 saturated heterocycles. The van der Waals surface area contributed by atoms with E-state index >= 15 is 0 Å². The van der Waals surface area contributed by atoms with Crippen LogP contribution >= 0.6 is 0 Å². The summed E-state index contributed by atoms with van der Waals surface area (Å²) in [7, 11) is 0.0556. The SMILES string of the molecule is CC/C(C#Cc1ccccc1)=C1\CC(C)OB1N(C(C)C)C(C)C. The van der Waals surface area contributed by atoms with Gasteiger partial charge in [0.2, 0.25) is 0 Å². The van der Waals surface area contributed by atoms with Crippen LogP contribution in [0.4, 0.5) is 0 Å². The minimum absolute atomic E-state index is 0.0556. The fourth-order valence-corrected chi connectivity index (χ4v) is 3.49. The van der Waals surface area contributed by atoms with Crippen molar-refractivity contribution in [3.63, 3.8) is 0 Å². The number of benzene rings is 1. The molecule has 0 saturated carbocycles. The van der Waals surface area contributed by atoms with Crippen LogP contribution in [0.1, 0.15) is 59.9 Å². The van der Waals surface area contributed by atoms with Crippen molar-refractivity contribution in [3.8, 4) is 11.8 Å². The lowest BCUT2D eigenvalue weighted by Crippen LogP contribution is -2.49. The van der Waals surface area contributed by atoms with Crippen LogP contribution in [-0.2, 0) is 4.65 Å². The first kappa shape index (κ1) is 18.8. The molecule has 3 heteroatoms. The van der Waals surface area contributed by atoms with Gasteiger partial charge in [0.25, 0.3) is 0 Å². The van der Waals surface area contributed by atoms with E-state index in [1.807, 2.05) is 18.2 Å². The van der Waals surface area contributed by atoms with Crippen molar-refractivity contribution in [3.05, 3.63) is 46.9 Å². The highest BCUT2D eigenvalue weighted by molar-refractivity contribution is 6.59. The van der Waals surface area contributed by atoms with Gasteiger partial charge in [-0.2, -0.15) is 0 Å². The molecule has 1 aromatic carbocycles. The summed E-state index contributed by atoms with van der Waals surface area (Å²) in [5.74, 6) is 6.76. The van der Waals surface area contributed by atoms with Crippen LogP contribution in [0.3, 0.4) is 0 Å². The van der Waals surface area contributed by atoms with Crippen LogP contribution in [0.15, 0.2) is 41.4 Å². The maximum Gasteiger partial charge on any atom is 0.416 e. The molecule has 128 valence electrons. The maximum absolute atomic E-state index is 6.29. The smallest absolute Gasteiger partial charge is 0.415 e. The zero-order valence-corrected chi connectivity index (χ0v) is 16.0. The average Bonchev–Trinajstić information content (AvgIpc) is 2.89. The summed E-state index contributed by atoms with van der Waals surface area (Å²) in [5, 5.41) is 0. The minimum atomic E-state index is 0.0556. The molecule has 1 aromatic rings. The second kappa shape index (κ2) is 8.56. The van der Waals surface area contributed by atoms with Gasteiger partial charge in [-0.05, 0) is 55.0 Å². The van der Waals surface area contributed by atoms with Gasteiger partial charge in [0.05, 0.1) is 0 Å². The standard InChI is InChI=1S/C21H30BNO/c1-7-20(14-13-19-11-9-8-10-12-19)21-15-18(6)24-22(21)23(16(2)3)17(4)5/h8-12,16-18H,7,15H2,1-6H3/b21-20-. The van der Waals surface area contributed by atoms with Crippen molar-refractivity contribution < 1.29 is 4.65 Å². The molecule has 24 heavy (non-hydrogen) atoms. The molecule has 1 heterocycles. The third-order valence-corrected chi connectivity index (χ3v) is 4.50. The van der Waals surface area contributed by atoms with Gasteiger partial charge in [0, 0.05) is 11.7 Å². The monoisotopic (exact) mass is 323 g/mol. The molecular weight excluding hydrogens is 293 g/mol. The van der Waals surface area contributed by atoms with Crippen LogP contribution in [-0.4, -0.2) is 30.0 Å². The predicted molar refractivity (Wildman–Crippen MR) is 104 cm³/mol. The first-order valence-corrected chi connectivity index (χ1v) is 9.15. The normalized spacial score (nSPS) is 19.9. The van der Waals surface area contributed by atoms with E-state index in [2.05, 4.69) is 70.3 Å². The Morgan fingerprint density at radius 1 is 1.21 bits per heavy atom. The van der Waals surface area contributed by atoms with Crippen molar-refractivity contribution in [2.24, 2.45) is 0 Å². The van der Waals surface area contributed by atoms with Crippen molar-refractivity contribution in [1.82, 2.24) is 4.81 Å². The van der Waals surface area contributed by atoms with Crippen molar-refractivity contribution in [1.29, 1.82) is 0 Å². The Morgan fingerprint density at radius 2 is 1.83 bits per heavy atom. The zero-order valence-electron chi connectivity index (χ0n) is 16.0. The van der Waals surface area contributed by atoms with Gasteiger partial charge in [-0.3, -0.25) is 0 Å². The van der Waals surface area contributed by atoms with E-state index in [1.54, 1.807) is 0 Å². The third kappa shape index (κ3) is 4.53. The quantitative estimate of drug-likeness (QED) is 0.588.